The fraction of sp³-hybridized carbons (Fsp3) is 0.533. The van der Waals surface area contributed by atoms with Crippen molar-refractivity contribution in [3.63, 3.8) is 0 Å². The predicted molar refractivity (Wildman–Crippen MR) is 71.2 cm³/mol. The van der Waals surface area contributed by atoms with Gasteiger partial charge in [0.25, 0.3) is 0 Å². The zero-order chi connectivity index (χ0) is 13.0. The third-order valence-corrected chi connectivity index (χ3v) is 3.53. The molecule has 1 aliphatic heterocycles. The molecule has 0 amide bonds. The van der Waals surface area contributed by atoms with Crippen LogP contribution in [0.4, 0.5) is 0 Å². The Balaban J connectivity index is 2.15. The molecule has 0 N–H and O–H groups in total. The number of benzene rings is 1. The van der Waals surface area contributed by atoms with Crippen molar-refractivity contribution in [1.82, 2.24) is 4.90 Å². The number of likely N-dealkylation sites (tertiary alicyclic amines) is 1. The Kier molecular flexibility index (Phi) is 4.37. The summed E-state index contributed by atoms with van der Waals surface area (Å²) in [5.74, 6) is 0.298. The maximum atomic E-state index is 11.6. The van der Waals surface area contributed by atoms with Gasteiger partial charge in [-0.25, -0.2) is 0 Å². The van der Waals surface area contributed by atoms with Gasteiger partial charge in [0.2, 0.25) is 0 Å². The van der Waals surface area contributed by atoms with Gasteiger partial charge >= 0.3 is 5.97 Å². The summed E-state index contributed by atoms with van der Waals surface area (Å²) in [6, 6.07) is 10.1. The molecule has 1 heterocycles. The van der Waals surface area contributed by atoms with Crippen LogP contribution in [0.3, 0.4) is 0 Å². The zero-order valence-electron chi connectivity index (χ0n) is 11.1. The molecule has 1 aromatic rings. The van der Waals surface area contributed by atoms with E-state index in [1.165, 1.54) is 0 Å². The first-order valence-corrected chi connectivity index (χ1v) is 6.63. The summed E-state index contributed by atoms with van der Waals surface area (Å²) in [4.78, 5) is 13.9. The highest BCUT2D eigenvalue weighted by atomic mass is 16.5. The molecule has 98 valence electrons. The molecular weight excluding hydrogens is 226 g/mol. The predicted octanol–water partition coefficient (Wildman–Crippen LogP) is 2.63. The number of nitrogens with zero attached hydrogens (tertiary/aromatic N) is 1. The van der Waals surface area contributed by atoms with Crippen molar-refractivity contribution in [3.05, 3.63) is 35.9 Å². The Morgan fingerprint density at radius 1 is 1.44 bits per heavy atom. The summed E-state index contributed by atoms with van der Waals surface area (Å²) >= 11 is 0. The number of ether oxygens (including phenoxy) is 1. The largest absolute Gasteiger partial charge is 0.457 e. The van der Waals surface area contributed by atoms with Crippen LogP contribution >= 0.6 is 0 Å². The van der Waals surface area contributed by atoms with Crippen molar-refractivity contribution >= 4 is 5.97 Å². The number of hydrogen-bond donors (Lipinski definition) is 0. The molecule has 0 bridgehead atoms. The fourth-order valence-corrected chi connectivity index (χ4v) is 2.52. The molecule has 0 radical (unpaired) electrons. The average Bonchev–Trinajstić information content (AvgIpc) is 2.83. The van der Waals surface area contributed by atoms with Crippen LogP contribution < -0.4 is 0 Å². The Morgan fingerprint density at radius 2 is 2.17 bits per heavy atom. The molecule has 1 aliphatic rings. The van der Waals surface area contributed by atoms with Crippen molar-refractivity contribution in [2.24, 2.45) is 5.92 Å². The average molecular weight is 247 g/mol. The summed E-state index contributed by atoms with van der Waals surface area (Å²) in [5, 5.41) is 0. The van der Waals surface area contributed by atoms with E-state index in [-0.39, 0.29) is 12.1 Å². The van der Waals surface area contributed by atoms with Crippen molar-refractivity contribution in [2.45, 2.75) is 25.9 Å². The van der Waals surface area contributed by atoms with Gasteiger partial charge < -0.3 is 9.64 Å². The van der Waals surface area contributed by atoms with Gasteiger partial charge in [0.15, 0.2) is 0 Å². The second kappa shape index (κ2) is 6.01. The van der Waals surface area contributed by atoms with Gasteiger partial charge in [-0.1, -0.05) is 37.3 Å². The van der Waals surface area contributed by atoms with Crippen LogP contribution in [0.2, 0.25) is 0 Å². The standard InChI is InChI=1S/C15H21NO2/c1-3-14(17)18-15(12-7-5-4-6-8-12)13-9-10-16(2)11-13/h4-8,13,15H,3,9-11H2,1-2H3/t13-,15-/m0/s1. The van der Waals surface area contributed by atoms with Gasteiger partial charge in [-0.3, -0.25) is 4.79 Å². The SMILES string of the molecule is CCC(=O)O[C@@H](c1ccccc1)[C@H]1CCN(C)C1. The minimum Gasteiger partial charge on any atom is -0.457 e. The normalized spacial score (nSPS) is 21.8. The first kappa shape index (κ1) is 13.1. The molecule has 0 aromatic heterocycles. The summed E-state index contributed by atoms with van der Waals surface area (Å²) < 4.78 is 5.65. The van der Waals surface area contributed by atoms with Gasteiger partial charge in [-0.2, -0.15) is 0 Å². The first-order chi connectivity index (χ1) is 8.70. The van der Waals surface area contributed by atoms with E-state index in [1.807, 2.05) is 37.3 Å². The Morgan fingerprint density at radius 3 is 2.72 bits per heavy atom. The second-order valence-electron chi connectivity index (χ2n) is 4.99. The highest BCUT2D eigenvalue weighted by Gasteiger charge is 2.31. The molecule has 0 saturated carbocycles. The summed E-state index contributed by atoms with van der Waals surface area (Å²) in [5.41, 5.74) is 1.11. The monoisotopic (exact) mass is 247 g/mol. The van der Waals surface area contributed by atoms with Crippen LogP contribution in [0.15, 0.2) is 30.3 Å². The molecular formula is C15H21NO2. The molecule has 2 rings (SSSR count). The maximum Gasteiger partial charge on any atom is 0.306 e. The zero-order valence-corrected chi connectivity index (χ0v) is 11.1. The number of rotatable bonds is 4. The van der Waals surface area contributed by atoms with Gasteiger partial charge in [0.05, 0.1) is 0 Å². The maximum absolute atomic E-state index is 11.6. The highest BCUT2D eigenvalue weighted by Crippen LogP contribution is 2.32. The van der Waals surface area contributed by atoms with Gasteiger partial charge in [-0.05, 0) is 25.6 Å². The number of esters is 1. The van der Waals surface area contributed by atoms with Crippen molar-refractivity contribution in [3.8, 4) is 0 Å². The molecule has 1 saturated heterocycles. The van der Waals surface area contributed by atoms with Gasteiger partial charge in [0.1, 0.15) is 6.10 Å². The summed E-state index contributed by atoms with van der Waals surface area (Å²) in [6.45, 7) is 3.92. The second-order valence-corrected chi connectivity index (χ2v) is 4.99. The minimum atomic E-state index is -0.113. The lowest BCUT2D eigenvalue weighted by molar-refractivity contribution is -0.151. The third-order valence-electron chi connectivity index (χ3n) is 3.53. The number of carbonyl (C=O) groups is 1. The Labute approximate surface area is 109 Å². The van der Waals surface area contributed by atoms with Gasteiger partial charge in [-0.15, -0.1) is 0 Å². The van der Waals surface area contributed by atoms with Crippen LogP contribution in [0, 0.1) is 5.92 Å². The molecule has 0 aliphatic carbocycles. The smallest absolute Gasteiger partial charge is 0.306 e. The van der Waals surface area contributed by atoms with E-state index in [0.717, 1.165) is 25.1 Å². The quantitative estimate of drug-likeness (QED) is 0.766. The molecule has 18 heavy (non-hydrogen) atoms. The summed E-state index contributed by atoms with van der Waals surface area (Å²) in [7, 11) is 2.11. The van der Waals surface area contributed by atoms with Gasteiger partial charge in [0, 0.05) is 18.9 Å². The molecule has 0 spiro atoms. The van der Waals surface area contributed by atoms with E-state index in [2.05, 4.69) is 11.9 Å². The van der Waals surface area contributed by atoms with Crippen molar-refractivity contribution in [1.29, 1.82) is 0 Å². The number of hydrogen-bond acceptors (Lipinski definition) is 3. The van der Waals surface area contributed by atoms with E-state index in [4.69, 9.17) is 4.74 Å². The highest BCUT2D eigenvalue weighted by molar-refractivity contribution is 5.69. The molecule has 0 unspecified atom stereocenters. The van der Waals surface area contributed by atoms with E-state index >= 15 is 0 Å². The molecule has 1 fully saturated rings. The molecule has 1 aromatic carbocycles. The molecule has 3 nitrogen and oxygen atoms in total. The van der Waals surface area contributed by atoms with Crippen LogP contribution in [-0.4, -0.2) is 31.0 Å². The van der Waals surface area contributed by atoms with E-state index in [9.17, 15) is 4.79 Å². The lowest BCUT2D eigenvalue weighted by Crippen LogP contribution is -2.22. The topological polar surface area (TPSA) is 29.5 Å². The van der Waals surface area contributed by atoms with E-state index in [1.54, 1.807) is 0 Å². The lowest BCUT2D eigenvalue weighted by atomic mass is 9.95. The molecule has 2 atom stereocenters. The molecule has 3 heteroatoms. The minimum absolute atomic E-state index is 0.0939. The Hall–Kier alpha value is -1.35. The van der Waals surface area contributed by atoms with Crippen LogP contribution in [-0.2, 0) is 9.53 Å². The van der Waals surface area contributed by atoms with E-state index < -0.39 is 0 Å². The fourth-order valence-electron chi connectivity index (χ4n) is 2.52. The van der Waals surface area contributed by atoms with Crippen molar-refractivity contribution in [2.75, 3.05) is 20.1 Å². The Bertz CT molecular complexity index is 391. The van der Waals surface area contributed by atoms with E-state index in [0.29, 0.717) is 12.3 Å². The first-order valence-electron chi connectivity index (χ1n) is 6.63. The van der Waals surface area contributed by atoms with Crippen LogP contribution in [0.25, 0.3) is 0 Å². The van der Waals surface area contributed by atoms with Crippen molar-refractivity contribution < 1.29 is 9.53 Å². The van der Waals surface area contributed by atoms with Crippen LogP contribution in [0.5, 0.6) is 0 Å². The summed E-state index contributed by atoms with van der Waals surface area (Å²) in [6.07, 6.45) is 1.43. The van der Waals surface area contributed by atoms with Crippen LogP contribution in [0.1, 0.15) is 31.4 Å². The lowest BCUT2D eigenvalue weighted by Gasteiger charge is -2.24. The third kappa shape index (κ3) is 3.10. The number of carbonyl (C=O) groups excluding carboxylic acids is 1.